The number of carbonyl (C=O) groups is 2. The van der Waals surface area contributed by atoms with Crippen LogP contribution in [-0.2, 0) is 17.7 Å². The van der Waals surface area contributed by atoms with E-state index in [4.69, 9.17) is 9.47 Å². The van der Waals surface area contributed by atoms with Crippen molar-refractivity contribution in [3.63, 3.8) is 0 Å². The third kappa shape index (κ3) is 5.97. The first kappa shape index (κ1) is 28.3. The van der Waals surface area contributed by atoms with E-state index in [1.165, 1.54) is 11.1 Å². The summed E-state index contributed by atoms with van der Waals surface area (Å²) in [5, 5.41) is 27.0. The van der Waals surface area contributed by atoms with Gasteiger partial charge in [0, 0.05) is 24.7 Å². The van der Waals surface area contributed by atoms with Gasteiger partial charge in [0.15, 0.2) is 0 Å². The van der Waals surface area contributed by atoms with Crippen LogP contribution in [0.2, 0.25) is 0 Å². The molecule has 2 saturated heterocycles. The molecule has 0 aliphatic carbocycles. The fourth-order valence-electron chi connectivity index (χ4n) is 5.67. The van der Waals surface area contributed by atoms with Gasteiger partial charge in [0.2, 0.25) is 0 Å². The maximum Gasteiger partial charge on any atom is 0.255 e. The quantitative estimate of drug-likeness (QED) is 0.418. The standard InChI is InChI=1S/C28H35N3O6.ClH/c1-2-37-26-10-18(28(35)31-20-11-22(32)12-21(31)16-36-15-20)7-8-23(26)27(34)30-14-25(33)24-9-17-5-3-4-6-19(17)13-29-24;/h3-8,10,20-22,24-25,29,32-33H,2,9,11-16H2,1H3,(H,30,34);1H/t20?,21?,22?,24-,25?;/m0./s1. The molecule has 2 aromatic rings. The number of ether oxygens (including phenoxy) is 2. The molecule has 206 valence electrons. The highest BCUT2D eigenvalue weighted by atomic mass is 35.5. The Labute approximate surface area is 228 Å². The second-order valence-electron chi connectivity index (χ2n) is 10.1. The average molecular weight is 546 g/mol. The number of hydrogen-bond acceptors (Lipinski definition) is 7. The van der Waals surface area contributed by atoms with Gasteiger partial charge in [-0.2, -0.15) is 0 Å². The molecule has 5 rings (SSSR count). The number of fused-ring (bicyclic) bond motifs is 3. The summed E-state index contributed by atoms with van der Waals surface area (Å²) in [4.78, 5) is 28.3. The highest BCUT2D eigenvalue weighted by Gasteiger charge is 2.41. The number of benzene rings is 2. The summed E-state index contributed by atoms with van der Waals surface area (Å²) in [7, 11) is 0. The fraction of sp³-hybridized carbons (Fsp3) is 0.500. The normalized spacial score (nSPS) is 25.0. The predicted octanol–water partition coefficient (Wildman–Crippen LogP) is 1.68. The number of aliphatic hydroxyl groups excluding tert-OH is 2. The fourth-order valence-corrected chi connectivity index (χ4v) is 5.67. The number of piperidine rings is 1. The van der Waals surface area contributed by atoms with E-state index in [0.29, 0.717) is 62.5 Å². The van der Waals surface area contributed by atoms with Crippen molar-refractivity contribution in [3.05, 3.63) is 64.7 Å². The van der Waals surface area contributed by atoms with E-state index in [9.17, 15) is 19.8 Å². The van der Waals surface area contributed by atoms with E-state index >= 15 is 0 Å². The SMILES string of the molecule is CCOc1cc(C(=O)N2C3COCC2CC(O)C3)ccc1C(=O)NCC(O)[C@@H]1Cc2ccccc2CN1.Cl. The van der Waals surface area contributed by atoms with Crippen LogP contribution in [0.25, 0.3) is 0 Å². The van der Waals surface area contributed by atoms with Gasteiger partial charge in [0.05, 0.1) is 49.7 Å². The molecular formula is C28H36ClN3O6. The van der Waals surface area contributed by atoms with Crippen LogP contribution in [0.5, 0.6) is 5.75 Å². The van der Waals surface area contributed by atoms with Crippen LogP contribution in [0.4, 0.5) is 0 Å². The van der Waals surface area contributed by atoms with Crippen LogP contribution >= 0.6 is 12.4 Å². The third-order valence-electron chi connectivity index (χ3n) is 7.55. The largest absolute Gasteiger partial charge is 0.493 e. The van der Waals surface area contributed by atoms with Crippen LogP contribution in [0, 0.1) is 0 Å². The van der Waals surface area contributed by atoms with Crippen LogP contribution < -0.4 is 15.4 Å². The maximum absolute atomic E-state index is 13.4. The monoisotopic (exact) mass is 545 g/mol. The minimum atomic E-state index is -0.759. The molecule has 0 aromatic heterocycles. The van der Waals surface area contributed by atoms with Crippen molar-refractivity contribution >= 4 is 24.2 Å². The third-order valence-corrected chi connectivity index (χ3v) is 7.55. The Morgan fingerprint density at radius 1 is 1.16 bits per heavy atom. The second kappa shape index (κ2) is 12.4. The number of halogens is 1. The topological polar surface area (TPSA) is 120 Å². The summed E-state index contributed by atoms with van der Waals surface area (Å²) in [6.07, 6.45) is 0.483. The van der Waals surface area contributed by atoms with Crippen molar-refractivity contribution in [3.8, 4) is 5.75 Å². The molecule has 3 heterocycles. The van der Waals surface area contributed by atoms with E-state index in [-0.39, 0.29) is 48.9 Å². The van der Waals surface area contributed by atoms with Gasteiger partial charge in [-0.25, -0.2) is 0 Å². The molecule has 4 N–H and O–H groups in total. The Balaban J connectivity index is 0.00000336. The van der Waals surface area contributed by atoms with Gasteiger partial charge >= 0.3 is 0 Å². The predicted molar refractivity (Wildman–Crippen MR) is 144 cm³/mol. The Morgan fingerprint density at radius 2 is 1.87 bits per heavy atom. The number of aliphatic hydroxyl groups is 2. The first-order chi connectivity index (χ1) is 17.9. The van der Waals surface area contributed by atoms with E-state index in [1.807, 2.05) is 24.0 Å². The lowest BCUT2D eigenvalue weighted by molar-refractivity contribution is -0.0871. The smallest absolute Gasteiger partial charge is 0.255 e. The summed E-state index contributed by atoms with van der Waals surface area (Å²) in [6.45, 7) is 3.73. The lowest BCUT2D eigenvalue weighted by Crippen LogP contribution is -2.60. The number of nitrogens with one attached hydrogen (secondary N) is 2. The second-order valence-corrected chi connectivity index (χ2v) is 10.1. The molecular weight excluding hydrogens is 510 g/mol. The van der Waals surface area contributed by atoms with Crippen molar-refractivity contribution in [2.45, 2.75) is 63.1 Å². The van der Waals surface area contributed by atoms with Crippen molar-refractivity contribution in [2.24, 2.45) is 0 Å². The van der Waals surface area contributed by atoms with Gasteiger partial charge in [-0.15, -0.1) is 12.4 Å². The van der Waals surface area contributed by atoms with Crippen LogP contribution in [0.1, 0.15) is 51.6 Å². The van der Waals surface area contributed by atoms with Crippen molar-refractivity contribution in [1.29, 1.82) is 0 Å². The van der Waals surface area contributed by atoms with Gasteiger partial charge in [0.25, 0.3) is 11.8 Å². The van der Waals surface area contributed by atoms with Crippen molar-refractivity contribution < 1.29 is 29.3 Å². The lowest BCUT2D eigenvalue weighted by Gasteiger charge is -2.47. The molecule has 0 spiro atoms. The molecule has 3 aliphatic heterocycles. The molecule has 3 aliphatic rings. The highest BCUT2D eigenvalue weighted by Crippen LogP contribution is 2.31. The minimum Gasteiger partial charge on any atom is -0.493 e. The Morgan fingerprint density at radius 3 is 2.58 bits per heavy atom. The number of hydrogen-bond donors (Lipinski definition) is 4. The zero-order valence-corrected chi connectivity index (χ0v) is 22.3. The summed E-state index contributed by atoms with van der Waals surface area (Å²) in [6, 6.07) is 12.5. The van der Waals surface area contributed by atoms with E-state index < -0.39 is 12.2 Å². The number of rotatable bonds is 7. The molecule has 2 aromatic carbocycles. The molecule has 9 nitrogen and oxygen atoms in total. The first-order valence-electron chi connectivity index (χ1n) is 13.1. The number of carbonyl (C=O) groups excluding carboxylic acids is 2. The number of morpholine rings is 1. The molecule has 3 unspecified atom stereocenters. The van der Waals surface area contributed by atoms with Crippen molar-refractivity contribution in [2.75, 3.05) is 26.4 Å². The average Bonchev–Trinajstić information content (AvgIpc) is 2.90. The van der Waals surface area contributed by atoms with Gasteiger partial charge in [-0.3, -0.25) is 9.59 Å². The summed E-state index contributed by atoms with van der Waals surface area (Å²) >= 11 is 0. The maximum atomic E-state index is 13.4. The molecule has 2 bridgehead atoms. The Kier molecular flexibility index (Phi) is 9.27. The Hall–Kier alpha value is -2.69. The zero-order valence-electron chi connectivity index (χ0n) is 21.5. The van der Waals surface area contributed by atoms with E-state index in [1.54, 1.807) is 18.2 Å². The molecule has 0 radical (unpaired) electrons. The summed E-state index contributed by atoms with van der Waals surface area (Å²) in [5.41, 5.74) is 3.17. The molecule has 38 heavy (non-hydrogen) atoms. The van der Waals surface area contributed by atoms with Gasteiger partial charge < -0.3 is 35.2 Å². The van der Waals surface area contributed by atoms with Gasteiger partial charge in [-0.05, 0) is 55.5 Å². The lowest BCUT2D eigenvalue weighted by atomic mass is 9.91. The molecule has 2 amide bonds. The van der Waals surface area contributed by atoms with E-state index in [0.717, 1.165) is 0 Å². The molecule has 2 fully saturated rings. The van der Waals surface area contributed by atoms with Gasteiger partial charge in [0.1, 0.15) is 5.75 Å². The summed E-state index contributed by atoms with van der Waals surface area (Å²) in [5.74, 6) is -0.204. The number of amides is 2. The minimum absolute atomic E-state index is 0. The molecule has 10 heteroatoms. The first-order valence-corrected chi connectivity index (χ1v) is 13.1. The van der Waals surface area contributed by atoms with Gasteiger partial charge in [-0.1, -0.05) is 24.3 Å². The number of nitrogens with zero attached hydrogens (tertiary/aromatic N) is 1. The van der Waals surface area contributed by atoms with E-state index in [2.05, 4.69) is 22.8 Å². The summed E-state index contributed by atoms with van der Waals surface area (Å²) < 4.78 is 11.4. The van der Waals surface area contributed by atoms with Crippen molar-refractivity contribution in [1.82, 2.24) is 15.5 Å². The Bertz CT molecular complexity index is 1130. The molecule has 0 saturated carbocycles. The molecule has 4 atom stereocenters. The highest BCUT2D eigenvalue weighted by molar-refractivity contribution is 6.00. The zero-order chi connectivity index (χ0) is 25.9. The van der Waals surface area contributed by atoms with Crippen LogP contribution in [0.15, 0.2) is 42.5 Å². The van der Waals surface area contributed by atoms with Crippen LogP contribution in [0.3, 0.4) is 0 Å². The van der Waals surface area contributed by atoms with Crippen LogP contribution in [-0.4, -0.2) is 83.6 Å².